The van der Waals surface area contributed by atoms with Gasteiger partial charge in [0.25, 0.3) is 35.4 Å². The van der Waals surface area contributed by atoms with Gasteiger partial charge in [0.2, 0.25) is 16.3 Å². The van der Waals surface area contributed by atoms with Gasteiger partial charge in [-0.1, -0.05) is 148 Å². The number of amides is 6. The van der Waals surface area contributed by atoms with E-state index in [1.54, 1.807) is 28.7 Å². The summed E-state index contributed by atoms with van der Waals surface area (Å²) < 4.78 is 105. The van der Waals surface area contributed by atoms with Gasteiger partial charge in [0, 0.05) is 112 Å². The van der Waals surface area contributed by atoms with Gasteiger partial charge >= 0.3 is 0 Å². The molecule has 3 fully saturated rings. The molecule has 6 aliphatic rings. The van der Waals surface area contributed by atoms with E-state index in [0.29, 0.717) is 59.3 Å². The molecule has 0 spiro atoms. The molecule has 6 bridgehead atoms. The summed E-state index contributed by atoms with van der Waals surface area (Å²) in [6, 6.07) is 36.8. The topological polar surface area (TPSA) is 252 Å². The first kappa shape index (κ1) is 79.5. The summed E-state index contributed by atoms with van der Waals surface area (Å²) >= 11 is 0. The summed E-state index contributed by atoms with van der Waals surface area (Å²) in [5, 5.41) is 13.4. The predicted molar refractivity (Wildman–Crippen MR) is 409 cm³/mol. The molecular formula is C84H84F6N12O12. The van der Waals surface area contributed by atoms with Crippen molar-refractivity contribution in [3.05, 3.63) is 297 Å². The van der Waals surface area contributed by atoms with Crippen LogP contribution in [0.1, 0.15) is 173 Å². The molecule has 9 aromatic rings. The molecule has 15 rings (SSSR count). The van der Waals surface area contributed by atoms with Crippen molar-refractivity contribution < 1.29 is 69.3 Å². The SMILES string of the molecule is O=C(NCc1ccc(F)cc1F)c1cn2c(c(OCc3ccccc3)c1=O)C(=O)N1CCCCCCN2C1.O=C(NCc1ccc(F)cc1F)c1cn2c(c(OCc3ccccc3)c1=O)C(=O)N1CCCCCCN2C1.O=C(NCc1ccc(F)cc1F)c1cn2c(c(OCc3ccccc3)c1=O)C(=O)N1CCCCCCN2C1. The van der Waals surface area contributed by atoms with Gasteiger partial charge in [0.05, 0.1) is 0 Å². The number of nitrogens with one attached hydrogen (secondary N) is 3. The fraction of sp³-hybridized carbons (Fsp3) is 0.321. The van der Waals surface area contributed by atoms with Crippen molar-refractivity contribution in [2.24, 2.45) is 0 Å². The van der Waals surface area contributed by atoms with E-state index < -0.39 is 68.9 Å². The highest BCUT2D eigenvalue weighted by atomic mass is 19.2. The number of benzene rings is 6. The Kier molecular flexibility index (Phi) is 25.6. The predicted octanol–water partition coefficient (Wildman–Crippen LogP) is 10.7. The average molecular weight is 1570 g/mol. The van der Waals surface area contributed by atoms with Gasteiger partial charge in [-0.05, 0) is 73.4 Å². The molecule has 0 aliphatic carbocycles. The van der Waals surface area contributed by atoms with Gasteiger partial charge in [-0.2, -0.15) is 0 Å². The monoisotopic (exact) mass is 1570 g/mol. The van der Waals surface area contributed by atoms with Gasteiger partial charge in [-0.25, -0.2) is 26.3 Å². The number of fused-ring (bicyclic) bond motifs is 12. The third-order valence-electron chi connectivity index (χ3n) is 20.4. The average Bonchev–Trinajstić information content (AvgIpc) is 0.859. The lowest BCUT2D eigenvalue weighted by molar-refractivity contribution is 0.0677. The molecule has 0 saturated carbocycles. The van der Waals surface area contributed by atoms with Crippen molar-refractivity contribution in [3.63, 3.8) is 0 Å². The minimum absolute atomic E-state index is 0.0300. The van der Waals surface area contributed by atoms with Crippen molar-refractivity contribution in [3.8, 4) is 17.2 Å². The number of halogens is 6. The molecule has 9 heterocycles. The van der Waals surface area contributed by atoms with Crippen LogP contribution in [0.15, 0.2) is 179 Å². The second kappa shape index (κ2) is 36.7. The van der Waals surface area contributed by atoms with Crippen LogP contribution in [0.3, 0.4) is 0 Å². The largest absolute Gasteiger partial charge is 0.482 e. The van der Waals surface area contributed by atoms with E-state index in [1.807, 2.05) is 106 Å². The van der Waals surface area contributed by atoms with Crippen LogP contribution in [0.25, 0.3) is 0 Å². The van der Waals surface area contributed by atoms with Gasteiger partial charge in [-0.15, -0.1) is 0 Å². The molecule has 6 aromatic carbocycles. The molecule has 594 valence electrons. The van der Waals surface area contributed by atoms with Gasteiger partial charge in [0.15, 0.2) is 34.3 Å². The second-order valence-electron chi connectivity index (χ2n) is 28.3. The van der Waals surface area contributed by atoms with Gasteiger partial charge in [0.1, 0.15) is 91.4 Å². The molecule has 30 heteroatoms. The number of carbonyl (C=O) groups is 6. The van der Waals surface area contributed by atoms with Crippen molar-refractivity contribution in [1.82, 2.24) is 44.7 Å². The fourth-order valence-electron chi connectivity index (χ4n) is 14.2. The van der Waals surface area contributed by atoms with Crippen molar-refractivity contribution >= 4 is 35.4 Å². The fourth-order valence-corrected chi connectivity index (χ4v) is 14.2. The zero-order valence-corrected chi connectivity index (χ0v) is 62.4. The van der Waals surface area contributed by atoms with Crippen LogP contribution in [0.5, 0.6) is 17.2 Å². The van der Waals surface area contributed by atoms with E-state index in [9.17, 15) is 69.5 Å². The standard InChI is InChI=1S/3C28H28F2N4O4/c3*29-21-11-10-20(23(30)14-21)15-31-27(36)22-16-34-24(26(25(22)35)38-17-19-8-4-3-5-9-19)28(37)32-12-6-1-2-7-13-33(34)18-32/h3*3-5,8-11,14,16H,1-2,6-7,12-13,15,17-18H2,(H,31,36). The highest BCUT2D eigenvalue weighted by Gasteiger charge is 2.39. The summed E-state index contributed by atoms with van der Waals surface area (Å²) in [6.07, 6.45) is 15.3. The maximum absolute atomic E-state index is 14.1. The number of nitrogens with zero attached hydrogens (tertiary/aromatic N) is 9. The maximum Gasteiger partial charge on any atom is 0.277 e. The second-order valence-corrected chi connectivity index (χ2v) is 28.3. The van der Waals surface area contributed by atoms with Crippen LogP contribution in [0.4, 0.5) is 26.3 Å². The summed E-state index contributed by atoms with van der Waals surface area (Å²) in [5.41, 5.74) is -0.0380. The Hall–Kier alpha value is -12.6. The molecule has 6 amide bonds. The molecule has 114 heavy (non-hydrogen) atoms. The third kappa shape index (κ3) is 18.6. The first-order valence-electron chi connectivity index (χ1n) is 38.0. The van der Waals surface area contributed by atoms with Crippen LogP contribution in [0, 0.1) is 34.9 Å². The number of hydrogen-bond acceptors (Lipinski definition) is 15. The van der Waals surface area contributed by atoms with E-state index in [4.69, 9.17) is 14.2 Å². The van der Waals surface area contributed by atoms with E-state index in [0.717, 1.165) is 130 Å². The van der Waals surface area contributed by atoms with Crippen molar-refractivity contribution in [1.29, 1.82) is 0 Å². The Morgan fingerprint density at radius 2 is 0.579 bits per heavy atom. The number of carbonyl (C=O) groups excluding carboxylic acids is 6. The third-order valence-corrected chi connectivity index (χ3v) is 20.4. The molecule has 0 atom stereocenters. The Labute approximate surface area is 651 Å². The molecule has 6 aliphatic heterocycles. The first-order chi connectivity index (χ1) is 55.3. The molecule has 3 N–H and O–H groups in total. The van der Waals surface area contributed by atoms with Crippen molar-refractivity contribution in [2.75, 3.05) is 74.3 Å². The lowest BCUT2D eigenvalue weighted by Gasteiger charge is -2.39. The van der Waals surface area contributed by atoms with E-state index in [2.05, 4.69) is 16.0 Å². The molecule has 24 nitrogen and oxygen atoms in total. The van der Waals surface area contributed by atoms with E-state index in [-0.39, 0.29) is 125 Å². The quantitative estimate of drug-likeness (QED) is 0.0676. The molecule has 0 radical (unpaired) electrons. The maximum atomic E-state index is 14.1. The lowest BCUT2D eigenvalue weighted by Crippen LogP contribution is -2.55. The minimum atomic E-state index is -0.804. The van der Waals surface area contributed by atoms with Crippen LogP contribution in [-0.2, 0) is 39.5 Å². The van der Waals surface area contributed by atoms with E-state index >= 15 is 0 Å². The Balaban J connectivity index is 0.000000149. The van der Waals surface area contributed by atoms with Crippen LogP contribution in [-0.4, -0.2) is 123 Å². The first-order valence-corrected chi connectivity index (χ1v) is 38.0. The number of rotatable bonds is 18. The van der Waals surface area contributed by atoms with Gasteiger partial charge < -0.3 is 44.9 Å². The normalized spacial score (nSPS) is 15.3. The van der Waals surface area contributed by atoms with Crippen LogP contribution >= 0.6 is 0 Å². The zero-order valence-electron chi connectivity index (χ0n) is 62.4. The Morgan fingerprint density at radius 3 is 0.833 bits per heavy atom. The molecule has 3 saturated heterocycles. The number of pyridine rings is 3. The summed E-state index contributed by atoms with van der Waals surface area (Å²) in [7, 11) is 0. The van der Waals surface area contributed by atoms with E-state index in [1.165, 1.54) is 36.8 Å². The van der Waals surface area contributed by atoms with Crippen molar-refractivity contribution in [2.45, 2.75) is 117 Å². The summed E-state index contributed by atoms with van der Waals surface area (Å²) in [6.45, 7) is 3.89. The summed E-state index contributed by atoms with van der Waals surface area (Å²) in [5.74, 6) is -8.44. The Morgan fingerprint density at radius 1 is 0.325 bits per heavy atom. The number of hydrogen-bond donors (Lipinski definition) is 3. The summed E-state index contributed by atoms with van der Waals surface area (Å²) in [4.78, 5) is 126. The molecule has 0 unspecified atom stereocenters. The number of ether oxygens (including phenoxy) is 3. The molecular weight excluding hydrogens is 1480 g/mol. The molecule has 3 aromatic heterocycles. The highest BCUT2D eigenvalue weighted by molar-refractivity contribution is 6.01. The number of aromatic nitrogens is 3. The van der Waals surface area contributed by atoms with Crippen LogP contribution < -0.4 is 61.5 Å². The lowest BCUT2D eigenvalue weighted by atomic mass is 10.1. The Bertz CT molecular complexity index is 4740. The minimum Gasteiger partial charge on any atom is -0.482 e. The van der Waals surface area contributed by atoms with Crippen LogP contribution in [0.2, 0.25) is 0 Å². The highest BCUT2D eigenvalue weighted by Crippen LogP contribution is 2.30. The zero-order chi connectivity index (χ0) is 79.9. The van der Waals surface area contributed by atoms with Gasteiger partial charge in [-0.3, -0.25) is 72.2 Å². The smallest absolute Gasteiger partial charge is 0.277 e.